The number of aliphatic hydroxyl groups excluding tert-OH is 1. The Morgan fingerprint density at radius 1 is 1.18 bits per heavy atom. The minimum absolute atomic E-state index is 0.00854. The molecule has 39 heavy (non-hydrogen) atoms. The van der Waals surface area contributed by atoms with Gasteiger partial charge in [0.1, 0.15) is 6.10 Å². The van der Waals surface area contributed by atoms with Crippen LogP contribution in [0.2, 0.25) is 0 Å². The van der Waals surface area contributed by atoms with Crippen molar-refractivity contribution in [3.05, 3.63) is 11.6 Å². The molecule has 4 fully saturated rings. The van der Waals surface area contributed by atoms with Crippen molar-refractivity contribution in [2.75, 3.05) is 26.4 Å². The minimum atomic E-state index is -1.39. The molecule has 1 saturated heterocycles. The lowest BCUT2D eigenvalue weighted by Crippen LogP contribution is -2.64. The molecule has 0 aromatic heterocycles. The summed E-state index contributed by atoms with van der Waals surface area (Å²) >= 11 is 0. The average Bonchev–Trinajstić information content (AvgIpc) is 2.87. The van der Waals surface area contributed by atoms with Gasteiger partial charge in [0.05, 0.1) is 44.5 Å². The zero-order chi connectivity index (χ0) is 28.1. The molecule has 7 unspecified atom stereocenters. The highest BCUT2D eigenvalue weighted by Crippen LogP contribution is 2.64. The molecule has 0 spiro atoms. The second kappa shape index (κ2) is 11.1. The van der Waals surface area contributed by atoms with Crippen LogP contribution in [0.1, 0.15) is 52.4 Å². The molecule has 10 heteroatoms. The van der Waals surface area contributed by atoms with Gasteiger partial charge in [0.25, 0.3) is 0 Å². The maximum absolute atomic E-state index is 13.8. The molecule has 0 aromatic rings. The molecular weight excluding hydrogens is 506 g/mol. The van der Waals surface area contributed by atoms with E-state index in [1.54, 1.807) is 6.08 Å². The molecule has 0 amide bonds. The van der Waals surface area contributed by atoms with E-state index in [1.165, 1.54) is 0 Å². The number of rotatable bonds is 8. The quantitative estimate of drug-likeness (QED) is 0.331. The summed E-state index contributed by atoms with van der Waals surface area (Å²) in [5, 5.41) is 29.2. The summed E-state index contributed by atoms with van der Waals surface area (Å²) < 4.78 is 17.7. The normalized spacial score (nSPS) is 42.0. The van der Waals surface area contributed by atoms with Gasteiger partial charge in [0.15, 0.2) is 5.78 Å². The highest BCUT2D eigenvalue weighted by molar-refractivity contribution is 5.97. The van der Waals surface area contributed by atoms with E-state index in [9.17, 15) is 29.7 Å². The standard InChI is InChI=1S/C29H43NO9/c1-14(2)7-15-3-4-18-17-5-6-20-19-12-37-13-29(20,21(17)8-22(32)25(18)24(15)27(33)34)9-23(39-28(35)36)26(19)38-11-16(30)10-31/h8,14-20,23-26,31H,3-7,9-13,30H2,1-2H3,(H,33,34)(H,35,36)/t15?,16?,17?,18?,19?,20?,23-,24-,25?,26-,29-/m1/s1. The van der Waals surface area contributed by atoms with Gasteiger partial charge < -0.3 is 35.3 Å². The number of carboxylic acid groups (broad SMARTS) is 2. The third kappa shape index (κ3) is 5.02. The summed E-state index contributed by atoms with van der Waals surface area (Å²) in [4.78, 5) is 38.1. The lowest BCUT2D eigenvalue weighted by Gasteiger charge is -2.62. The Balaban J connectivity index is 1.49. The lowest BCUT2D eigenvalue weighted by atomic mass is 9.45. The van der Waals surface area contributed by atoms with E-state index in [4.69, 9.17) is 19.9 Å². The Labute approximate surface area is 229 Å². The molecule has 10 nitrogen and oxygen atoms in total. The summed E-state index contributed by atoms with van der Waals surface area (Å²) in [7, 11) is 0. The highest BCUT2D eigenvalue weighted by atomic mass is 16.7. The largest absolute Gasteiger partial charge is 0.506 e. The van der Waals surface area contributed by atoms with Crippen LogP contribution >= 0.6 is 0 Å². The first-order valence-corrected chi connectivity index (χ1v) is 14.5. The van der Waals surface area contributed by atoms with Crippen LogP contribution in [-0.4, -0.2) is 77.9 Å². The maximum Gasteiger partial charge on any atom is 0.506 e. The number of nitrogens with two attached hydrogens (primary N) is 1. The number of carboxylic acids is 1. The number of ketones is 1. The van der Waals surface area contributed by atoms with Gasteiger partial charge in [-0.3, -0.25) is 9.59 Å². The fourth-order valence-electron chi connectivity index (χ4n) is 9.18. The van der Waals surface area contributed by atoms with Gasteiger partial charge in [-0.25, -0.2) is 4.79 Å². The van der Waals surface area contributed by atoms with Crippen molar-refractivity contribution in [2.45, 2.75) is 70.6 Å². The molecule has 0 aromatic carbocycles. The van der Waals surface area contributed by atoms with Crippen LogP contribution in [-0.2, 0) is 23.8 Å². The Kier molecular flexibility index (Phi) is 8.12. The molecule has 4 aliphatic carbocycles. The highest BCUT2D eigenvalue weighted by Gasteiger charge is 2.64. The molecule has 1 aliphatic heterocycles. The number of carbonyl (C=O) groups excluding carboxylic acids is 1. The third-order valence-corrected chi connectivity index (χ3v) is 10.4. The number of hydrogen-bond donors (Lipinski definition) is 4. The molecule has 0 radical (unpaired) electrons. The van der Waals surface area contributed by atoms with Crippen molar-refractivity contribution in [1.82, 2.24) is 0 Å². The first-order chi connectivity index (χ1) is 18.6. The predicted molar refractivity (Wildman–Crippen MR) is 139 cm³/mol. The Bertz CT molecular complexity index is 997. The van der Waals surface area contributed by atoms with Gasteiger partial charge in [-0.2, -0.15) is 0 Å². The number of hydrogen-bond acceptors (Lipinski definition) is 8. The second-order valence-electron chi connectivity index (χ2n) is 13.0. The van der Waals surface area contributed by atoms with Crippen LogP contribution in [0.25, 0.3) is 0 Å². The van der Waals surface area contributed by atoms with Crippen molar-refractivity contribution in [3.8, 4) is 0 Å². The van der Waals surface area contributed by atoms with Crippen molar-refractivity contribution >= 4 is 17.9 Å². The van der Waals surface area contributed by atoms with Crippen molar-refractivity contribution in [3.63, 3.8) is 0 Å². The second-order valence-corrected chi connectivity index (χ2v) is 13.0. The van der Waals surface area contributed by atoms with Gasteiger partial charge in [0.2, 0.25) is 0 Å². The Morgan fingerprint density at radius 3 is 2.62 bits per heavy atom. The van der Waals surface area contributed by atoms with Crippen LogP contribution in [0.3, 0.4) is 0 Å². The van der Waals surface area contributed by atoms with E-state index in [0.29, 0.717) is 25.6 Å². The number of fused-ring (bicyclic) bond motifs is 3. The van der Waals surface area contributed by atoms with E-state index >= 15 is 0 Å². The fraction of sp³-hybridized carbons (Fsp3) is 0.828. The third-order valence-electron chi connectivity index (χ3n) is 10.4. The summed E-state index contributed by atoms with van der Waals surface area (Å²) in [6.07, 6.45) is 3.49. The van der Waals surface area contributed by atoms with Gasteiger partial charge in [-0.05, 0) is 74.2 Å². The Morgan fingerprint density at radius 2 is 1.95 bits per heavy atom. The number of carbonyl (C=O) groups is 3. The smallest absolute Gasteiger partial charge is 0.481 e. The number of ether oxygens (including phenoxy) is 3. The first-order valence-electron chi connectivity index (χ1n) is 14.5. The summed E-state index contributed by atoms with van der Waals surface area (Å²) in [5.41, 5.74) is 6.33. The molecule has 5 aliphatic rings. The summed E-state index contributed by atoms with van der Waals surface area (Å²) in [5.74, 6) is -1.81. The van der Waals surface area contributed by atoms with Crippen molar-refractivity contribution < 1.29 is 43.9 Å². The van der Waals surface area contributed by atoms with Crippen LogP contribution in [0.15, 0.2) is 11.6 Å². The summed E-state index contributed by atoms with van der Waals surface area (Å²) in [6, 6.07) is -0.592. The monoisotopic (exact) mass is 549 g/mol. The number of aliphatic hydroxyl groups is 1. The van der Waals surface area contributed by atoms with Crippen LogP contribution in [0.5, 0.6) is 0 Å². The molecular formula is C29H43NO9. The number of allylic oxidation sites excluding steroid dienone is 1. The topological polar surface area (TPSA) is 166 Å². The van der Waals surface area contributed by atoms with Gasteiger partial charge in [-0.15, -0.1) is 0 Å². The van der Waals surface area contributed by atoms with Crippen molar-refractivity contribution in [1.29, 1.82) is 0 Å². The van der Waals surface area contributed by atoms with Crippen LogP contribution < -0.4 is 5.73 Å². The van der Waals surface area contributed by atoms with E-state index in [0.717, 1.165) is 37.7 Å². The predicted octanol–water partition coefficient (Wildman–Crippen LogP) is 2.72. The van der Waals surface area contributed by atoms with Gasteiger partial charge in [-0.1, -0.05) is 19.4 Å². The van der Waals surface area contributed by atoms with Gasteiger partial charge >= 0.3 is 12.1 Å². The molecule has 1 heterocycles. The van der Waals surface area contributed by atoms with E-state index in [-0.39, 0.29) is 48.6 Å². The van der Waals surface area contributed by atoms with Gasteiger partial charge in [0, 0.05) is 17.3 Å². The molecule has 5 rings (SSSR count). The lowest BCUT2D eigenvalue weighted by molar-refractivity contribution is -0.218. The molecule has 11 atom stereocenters. The maximum atomic E-state index is 13.8. The van der Waals surface area contributed by atoms with E-state index in [1.807, 2.05) is 0 Å². The molecule has 3 saturated carbocycles. The number of aliphatic carboxylic acids is 1. The van der Waals surface area contributed by atoms with Crippen LogP contribution in [0.4, 0.5) is 4.79 Å². The molecule has 2 bridgehead atoms. The molecule has 5 N–H and O–H groups in total. The average molecular weight is 550 g/mol. The van der Waals surface area contributed by atoms with Crippen LogP contribution in [0, 0.1) is 52.8 Å². The van der Waals surface area contributed by atoms with E-state index < -0.39 is 47.6 Å². The minimum Gasteiger partial charge on any atom is -0.481 e. The summed E-state index contributed by atoms with van der Waals surface area (Å²) in [6.45, 7) is 4.78. The molecule has 218 valence electrons. The Hall–Kier alpha value is -2.01. The van der Waals surface area contributed by atoms with E-state index in [2.05, 4.69) is 13.8 Å². The zero-order valence-corrected chi connectivity index (χ0v) is 22.9. The first kappa shape index (κ1) is 28.5. The van der Waals surface area contributed by atoms with Crippen molar-refractivity contribution in [2.24, 2.45) is 58.5 Å². The SMILES string of the molecule is CC(C)CC1CCC2C3CCC4C5COC[C@@]4(C[C@@H](OC(=O)O)[C@@H]5OCC(N)CO)C3=CC(=O)C2[C@@H]1C(=O)O. The zero-order valence-electron chi connectivity index (χ0n) is 22.9. The fourth-order valence-corrected chi connectivity index (χ4v) is 9.18.